The zero-order valence-corrected chi connectivity index (χ0v) is 19.2. The minimum absolute atomic E-state index is 0.0329. The molecular weight excluding hydrogens is 484 g/mol. The summed E-state index contributed by atoms with van der Waals surface area (Å²) >= 11 is 11.8. The molecule has 0 aliphatic carbocycles. The molecular formula is C22H19Cl2F3N2O4. The second kappa shape index (κ2) is 9.23. The van der Waals surface area contributed by atoms with Crippen molar-refractivity contribution in [2.45, 2.75) is 38.1 Å². The highest BCUT2D eigenvalue weighted by Crippen LogP contribution is 2.49. The monoisotopic (exact) mass is 502 g/mol. The van der Waals surface area contributed by atoms with Gasteiger partial charge >= 0.3 is 12.1 Å². The standard InChI is InChI=1S/C22H19Cl2F3N2O4/c1-11-6-13(4-5-17(11)19(30)28-12(2)20(31)32-3)18-10-21(33-29-18,22(25,26)27)14-7-15(23)9-16(24)8-14/h4-9,12H,10H2,1-3H3,(H,28,30)/t12-,21?/m1/s1. The number of carbonyl (C=O) groups is 2. The Balaban J connectivity index is 1.88. The van der Waals surface area contributed by atoms with Crippen LogP contribution in [0, 0.1) is 6.92 Å². The molecule has 11 heteroatoms. The number of carbonyl (C=O) groups excluding carboxylic acids is 2. The molecule has 2 aromatic rings. The van der Waals surface area contributed by atoms with Crippen molar-refractivity contribution in [1.82, 2.24) is 5.32 Å². The van der Waals surface area contributed by atoms with E-state index < -0.39 is 36.1 Å². The van der Waals surface area contributed by atoms with Crippen molar-refractivity contribution in [1.29, 1.82) is 0 Å². The Morgan fingerprint density at radius 2 is 1.82 bits per heavy atom. The van der Waals surface area contributed by atoms with Crippen LogP contribution in [-0.4, -0.2) is 36.9 Å². The number of nitrogens with one attached hydrogen (secondary N) is 1. The molecule has 1 amide bonds. The lowest BCUT2D eigenvalue weighted by Crippen LogP contribution is -2.42. The molecule has 1 aliphatic heterocycles. The van der Waals surface area contributed by atoms with E-state index in [2.05, 4.69) is 15.2 Å². The van der Waals surface area contributed by atoms with E-state index in [1.54, 1.807) is 6.92 Å². The van der Waals surface area contributed by atoms with Crippen LogP contribution >= 0.6 is 23.2 Å². The maximum absolute atomic E-state index is 14.1. The highest BCUT2D eigenvalue weighted by Gasteiger charge is 2.62. The van der Waals surface area contributed by atoms with Gasteiger partial charge in [-0.1, -0.05) is 34.4 Å². The number of halogens is 5. The van der Waals surface area contributed by atoms with Gasteiger partial charge in [0.1, 0.15) is 6.04 Å². The van der Waals surface area contributed by atoms with Crippen molar-refractivity contribution in [3.63, 3.8) is 0 Å². The molecule has 0 radical (unpaired) electrons. The summed E-state index contributed by atoms with van der Waals surface area (Å²) in [6.07, 6.45) is -5.43. The first-order chi connectivity index (χ1) is 15.4. The van der Waals surface area contributed by atoms with Crippen molar-refractivity contribution in [2.75, 3.05) is 7.11 Å². The van der Waals surface area contributed by atoms with E-state index >= 15 is 0 Å². The summed E-state index contributed by atoms with van der Waals surface area (Å²) in [5.74, 6) is -1.14. The van der Waals surface area contributed by atoms with Gasteiger partial charge in [0.2, 0.25) is 0 Å². The molecule has 2 aromatic carbocycles. The Labute approximate surface area is 197 Å². The third-order valence-corrected chi connectivity index (χ3v) is 5.66. The molecule has 33 heavy (non-hydrogen) atoms. The molecule has 1 heterocycles. The highest BCUT2D eigenvalue weighted by atomic mass is 35.5. The van der Waals surface area contributed by atoms with E-state index in [1.165, 1.54) is 38.3 Å². The first kappa shape index (κ1) is 24.9. The van der Waals surface area contributed by atoms with Crippen LogP contribution in [-0.2, 0) is 20.0 Å². The quantitative estimate of drug-likeness (QED) is 0.571. The van der Waals surface area contributed by atoms with Crippen molar-refractivity contribution >= 4 is 40.8 Å². The van der Waals surface area contributed by atoms with Crippen molar-refractivity contribution in [2.24, 2.45) is 5.16 Å². The molecule has 0 spiro atoms. The Bertz CT molecular complexity index is 1120. The van der Waals surface area contributed by atoms with Crippen LogP contribution in [0.2, 0.25) is 10.0 Å². The lowest BCUT2D eigenvalue weighted by molar-refractivity contribution is -0.275. The van der Waals surface area contributed by atoms with Gasteiger partial charge in [-0.15, -0.1) is 0 Å². The number of aryl methyl sites for hydroxylation is 1. The maximum Gasteiger partial charge on any atom is 0.435 e. The summed E-state index contributed by atoms with van der Waals surface area (Å²) in [7, 11) is 1.20. The normalized spacial score (nSPS) is 18.8. The Morgan fingerprint density at radius 1 is 1.18 bits per heavy atom. The summed E-state index contributed by atoms with van der Waals surface area (Å²) < 4.78 is 47.0. The molecule has 1 unspecified atom stereocenters. The van der Waals surface area contributed by atoms with Crippen LogP contribution < -0.4 is 5.32 Å². The minimum Gasteiger partial charge on any atom is -0.467 e. The molecule has 1 N–H and O–H groups in total. The number of methoxy groups -OCH3 is 1. The number of esters is 1. The van der Waals surface area contributed by atoms with Crippen LogP contribution in [0.1, 0.15) is 40.4 Å². The zero-order valence-electron chi connectivity index (χ0n) is 17.7. The van der Waals surface area contributed by atoms with Gasteiger partial charge in [-0.05, 0) is 55.3 Å². The summed E-state index contributed by atoms with van der Waals surface area (Å²) in [6.45, 7) is 3.09. The minimum atomic E-state index is -4.81. The fourth-order valence-corrected chi connectivity index (χ4v) is 3.98. The molecule has 6 nitrogen and oxygen atoms in total. The second-order valence-corrected chi connectivity index (χ2v) is 8.41. The van der Waals surface area contributed by atoms with E-state index in [9.17, 15) is 22.8 Å². The first-order valence-corrected chi connectivity index (χ1v) is 10.4. The van der Waals surface area contributed by atoms with Crippen LogP contribution in [0.15, 0.2) is 41.6 Å². The fourth-order valence-electron chi connectivity index (χ4n) is 3.45. The maximum atomic E-state index is 14.1. The van der Waals surface area contributed by atoms with Crippen molar-refractivity contribution in [3.05, 3.63) is 68.7 Å². The highest BCUT2D eigenvalue weighted by molar-refractivity contribution is 6.34. The number of hydrogen-bond acceptors (Lipinski definition) is 5. The first-order valence-electron chi connectivity index (χ1n) is 9.66. The Hall–Kier alpha value is -2.78. The van der Waals surface area contributed by atoms with Gasteiger partial charge in [0.05, 0.1) is 12.8 Å². The Kier molecular flexibility index (Phi) is 6.95. The largest absolute Gasteiger partial charge is 0.467 e. The van der Waals surface area contributed by atoms with Crippen LogP contribution in [0.5, 0.6) is 0 Å². The average Bonchev–Trinajstić information content (AvgIpc) is 3.19. The van der Waals surface area contributed by atoms with Crippen molar-refractivity contribution < 1.29 is 32.3 Å². The third kappa shape index (κ3) is 4.94. The number of alkyl halides is 3. The topological polar surface area (TPSA) is 77.0 Å². The van der Waals surface area contributed by atoms with E-state index in [1.807, 2.05) is 0 Å². The molecule has 0 fully saturated rings. The number of hydrogen-bond donors (Lipinski definition) is 1. The number of rotatable bonds is 5. The van der Waals surface area contributed by atoms with E-state index in [-0.39, 0.29) is 26.9 Å². The van der Waals surface area contributed by atoms with E-state index in [0.717, 1.165) is 12.1 Å². The molecule has 0 aromatic heterocycles. The molecule has 0 saturated carbocycles. The molecule has 176 valence electrons. The van der Waals surface area contributed by atoms with Gasteiger partial charge in [0, 0.05) is 27.6 Å². The lowest BCUT2D eigenvalue weighted by Gasteiger charge is -2.29. The van der Waals surface area contributed by atoms with Gasteiger partial charge in [-0.3, -0.25) is 4.79 Å². The van der Waals surface area contributed by atoms with Crippen LogP contribution in [0.4, 0.5) is 13.2 Å². The van der Waals surface area contributed by atoms with Gasteiger partial charge in [-0.25, -0.2) is 4.79 Å². The number of benzene rings is 2. The van der Waals surface area contributed by atoms with Gasteiger partial charge in [0.15, 0.2) is 0 Å². The summed E-state index contributed by atoms with van der Waals surface area (Å²) in [4.78, 5) is 29.0. The number of nitrogens with zero attached hydrogens (tertiary/aromatic N) is 1. The number of amides is 1. The molecule has 1 aliphatic rings. The predicted molar refractivity (Wildman–Crippen MR) is 117 cm³/mol. The molecule has 2 atom stereocenters. The van der Waals surface area contributed by atoms with Crippen molar-refractivity contribution in [3.8, 4) is 0 Å². The molecule has 3 rings (SSSR count). The third-order valence-electron chi connectivity index (χ3n) is 5.22. The van der Waals surface area contributed by atoms with E-state index in [4.69, 9.17) is 28.0 Å². The summed E-state index contributed by atoms with van der Waals surface area (Å²) in [5.41, 5.74) is -1.91. The van der Waals surface area contributed by atoms with Gasteiger partial charge < -0.3 is 14.9 Å². The Morgan fingerprint density at radius 3 is 2.36 bits per heavy atom. The molecule has 0 saturated heterocycles. The fraction of sp³-hybridized carbons (Fsp3) is 0.318. The van der Waals surface area contributed by atoms with E-state index in [0.29, 0.717) is 11.1 Å². The zero-order chi connectivity index (χ0) is 24.6. The number of oxime groups is 1. The second-order valence-electron chi connectivity index (χ2n) is 7.54. The predicted octanol–water partition coefficient (Wildman–Crippen LogP) is 5.18. The van der Waals surface area contributed by atoms with Crippen LogP contribution in [0.25, 0.3) is 0 Å². The average molecular weight is 503 g/mol. The lowest BCUT2D eigenvalue weighted by atomic mass is 9.86. The van der Waals surface area contributed by atoms with Crippen LogP contribution in [0.3, 0.4) is 0 Å². The smallest absolute Gasteiger partial charge is 0.435 e. The summed E-state index contributed by atoms with van der Waals surface area (Å²) in [5, 5.41) is 6.27. The van der Waals surface area contributed by atoms with Gasteiger partial charge in [-0.2, -0.15) is 13.2 Å². The number of ether oxygens (including phenoxy) is 1. The molecule has 0 bridgehead atoms. The summed E-state index contributed by atoms with van der Waals surface area (Å²) in [6, 6.07) is 7.16. The SMILES string of the molecule is COC(=O)[C@@H](C)NC(=O)c1ccc(C2=NOC(c3cc(Cl)cc(Cl)c3)(C(F)(F)F)C2)cc1C. The van der Waals surface area contributed by atoms with Gasteiger partial charge in [0.25, 0.3) is 11.5 Å².